The van der Waals surface area contributed by atoms with E-state index in [2.05, 4.69) is 28.7 Å². The Labute approximate surface area is 115 Å². The molecular formula is C14H26N4O. The molecule has 108 valence electrons. The zero-order chi connectivity index (χ0) is 14.5. The van der Waals surface area contributed by atoms with Crippen molar-refractivity contribution < 1.29 is 4.79 Å². The summed E-state index contributed by atoms with van der Waals surface area (Å²) in [5.74, 6) is 1.26. The molecule has 0 aliphatic rings. The van der Waals surface area contributed by atoms with Crippen molar-refractivity contribution in [2.45, 2.75) is 58.0 Å². The van der Waals surface area contributed by atoms with Gasteiger partial charge in [0.05, 0.1) is 5.54 Å². The second-order valence-corrected chi connectivity index (χ2v) is 5.54. The molecule has 1 aromatic rings. The quantitative estimate of drug-likeness (QED) is 0.703. The molecule has 1 heterocycles. The van der Waals surface area contributed by atoms with Crippen molar-refractivity contribution in [1.82, 2.24) is 14.9 Å². The second-order valence-electron chi connectivity index (χ2n) is 5.54. The fourth-order valence-corrected chi connectivity index (χ4v) is 2.14. The number of unbranched alkanes of at least 4 members (excludes halogenated alkanes) is 1. The molecule has 1 atom stereocenters. The summed E-state index contributed by atoms with van der Waals surface area (Å²) < 4.78 is 2.19. The summed E-state index contributed by atoms with van der Waals surface area (Å²) in [5.41, 5.74) is 4.80. The summed E-state index contributed by atoms with van der Waals surface area (Å²) >= 11 is 0. The van der Waals surface area contributed by atoms with Crippen LogP contribution in [-0.4, -0.2) is 28.0 Å². The number of amides is 1. The van der Waals surface area contributed by atoms with Gasteiger partial charge in [0.1, 0.15) is 5.82 Å². The summed E-state index contributed by atoms with van der Waals surface area (Å²) in [4.78, 5) is 15.7. The van der Waals surface area contributed by atoms with Crippen LogP contribution in [0.25, 0.3) is 0 Å². The third-order valence-electron chi connectivity index (χ3n) is 3.69. The highest BCUT2D eigenvalue weighted by molar-refractivity contribution is 5.84. The predicted molar refractivity (Wildman–Crippen MR) is 76.8 cm³/mol. The SMILES string of the molecule is CNC(C)(CCCCn1ccnc1C(C)C)C(N)=O. The van der Waals surface area contributed by atoms with Crippen molar-refractivity contribution in [3.8, 4) is 0 Å². The predicted octanol–water partition coefficient (Wildman–Crippen LogP) is 1.64. The molecule has 19 heavy (non-hydrogen) atoms. The van der Waals surface area contributed by atoms with E-state index >= 15 is 0 Å². The van der Waals surface area contributed by atoms with E-state index in [1.807, 2.05) is 19.3 Å². The normalized spacial score (nSPS) is 14.6. The first-order valence-electron chi connectivity index (χ1n) is 6.90. The molecule has 0 aromatic carbocycles. The maximum Gasteiger partial charge on any atom is 0.237 e. The van der Waals surface area contributed by atoms with Gasteiger partial charge in [0.15, 0.2) is 0 Å². The molecular weight excluding hydrogens is 240 g/mol. The van der Waals surface area contributed by atoms with Gasteiger partial charge in [0.25, 0.3) is 0 Å². The molecule has 1 rings (SSSR count). The second kappa shape index (κ2) is 6.70. The minimum atomic E-state index is -0.601. The van der Waals surface area contributed by atoms with Crippen LogP contribution in [0, 0.1) is 0 Å². The Kier molecular flexibility index (Phi) is 5.54. The molecule has 0 bridgehead atoms. The number of hydrogen-bond acceptors (Lipinski definition) is 3. The van der Waals surface area contributed by atoms with E-state index in [1.165, 1.54) is 0 Å². The smallest absolute Gasteiger partial charge is 0.237 e. The van der Waals surface area contributed by atoms with Gasteiger partial charge in [0.2, 0.25) is 5.91 Å². The number of imidazole rings is 1. The Morgan fingerprint density at radius 1 is 1.53 bits per heavy atom. The van der Waals surface area contributed by atoms with Gasteiger partial charge in [-0.15, -0.1) is 0 Å². The first-order chi connectivity index (χ1) is 8.90. The molecule has 5 heteroatoms. The molecule has 0 spiro atoms. The number of carbonyl (C=O) groups is 1. The van der Waals surface area contributed by atoms with Crippen LogP contribution in [0.5, 0.6) is 0 Å². The van der Waals surface area contributed by atoms with Crippen LogP contribution in [0.4, 0.5) is 0 Å². The standard InChI is InChI=1S/C14H26N4O/c1-11(2)12-17-8-10-18(12)9-6-5-7-14(3,16-4)13(15)19/h8,10-11,16H,5-7,9H2,1-4H3,(H2,15,19). The molecule has 3 N–H and O–H groups in total. The molecule has 1 unspecified atom stereocenters. The average molecular weight is 266 g/mol. The number of carbonyl (C=O) groups excluding carboxylic acids is 1. The van der Waals surface area contributed by atoms with Crippen molar-refractivity contribution in [3.05, 3.63) is 18.2 Å². The van der Waals surface area contributed by atoms with E-state index in [1.54, 1.807) is 7.05 Å². The maximum absolute atomic E-state index is 11.4. The zero-order valence-corrected chi connectivity index (χ0v) is 12.4. The Morgan fingerprint density at radius 3 is 2.74 bits per heavy atom. The monoisotopic (exact) mass is 266 g/mol. The van der Waals surface area contributed by atoms with E-state index < -0.39 is 5.54 Å². The Balaban J connectivity index is 2.43. The molecule has 0 saturated heterocycles. The van der Waals surface area contributed by atoms with Crippen LogP contribution in [-0.2, 0) is 11.3 Å². The summed E-state index contributed by atoms with van der Waals surface area (Å²) in [7, 11) is 1.78. The van der Waals surface area contributed by atoms with Crippen molar-refractivity contribution >= 4 is 5.91 Å². The zero-order valence-electron chi connectivity index (χ0n) is 12.4. The Morgan fingerprint density at radius 2 is 2.21 bits per heavy atom. The van der Waals surface area contributed by atoms with Crippen molar-refractivity contribution in [1.29, 1.82) is 0 Å². The largest absolute Gasteiger partial charge is 0.368 e. The molecule has 5 nitrogen and oxygen atoms in total. The molecule has 0 radical (unpaired) electrons. The first kappa shape index (κ1) is 15.7. The number of likely N-dealkylation sites (N-methyl/N-ethyl adjacent to an activating group) is 1. The van der Waals surface area contributed by atoms with Gasteiger partial charge in [-0.25, -0.2) is 4.98 Å². The maximum atomic E-state index is 11.4. The average Bonchev–Trinajstić information content (AvgIpc) is 2.82. The fourth-order valence-electron chi connectivity index (χ4n) is 2.14. The first-order valence-corrected chi connectivity index (χ1v) is 6.90. The molecule has 0 aliphatic heterocycles. The van der Waals surface area contributed by atoms with Crippen LogP contribution in [0.2, 0.25) is 0 Å². The number of hydrogen-bond donors (Lipinski definition) is 2. The van der Waals surface area contributed by atoms with Crippen molar-refractivity contribution in [2.75, 3.05) is 7.05 Å². The number of aromatic nitrogens is 2. The van der Waals surface area contributed by atoms with Gasteiger partial charge in [0, 0.05) is 24.9 Å². The minimum absolute atomic E-state index is 0.291. The van der Waals surface area contributed by atoms with E-state index in [0.29, 0.717) is 5.92 Å². The summed E-state index contributed by atoms with van der Waals surface area (Å²) in [6.07, 6.45) is 6.58. The van der Waals surface area contributed by atoms with Gasteiger partial charge in [-0.1, -0.05) is 13.8 Å². The van der Waals surface area contributed by atoms with Crippen molar-refractivity contribution in [3.63, 3.8) is 0 Å². The van der Waals surface area contributed by atoms with E-state index in [9.17, 15) is 4.79 Å². The topological polar surface area (TPSA) is 72.9 Å². The molecule has 1 amide bonds. The Hall–Kier alpha value is -1.36. The molecule has 0 saturated carbocycles. The number of nitrogens with zero attached hydrogens (tertiary/aromatic N) is 2. The third kappa shape index (κ3) is 4.06. The minimum Gasteiger partial charge on any atom is -0.368 e. The van der Waals surface area contributed by atoms with Gasteiger partial charge < -0.3 is 15.6 Å². The number of nitrogens with two attached hydrogens (primary N) is 1. The highest BCUT2D eigenvalue weighted by Crippen LogP contribution is 2.16. The number of rotatable bonds is 8. The summed E-state index contributed by atoms with van der Waals surface area (Å²) in [5, 5.41) is 3.01. The summed E-state index contributed by atoms with van der Waals surface area (Å²) in [6.45, 7) is 7.08. The number of nitrogens with one attached hydrogen (secondary N) is 1. The van der Waals surface area contributed by atoms with Crippen molar-refractivity contribution in [2.24, 2.45) is 5.73 Å². The van der Waals surface area contributed by atoms with Crippen LogP contribution in [0.1, 0.15) is 51.8 Å². The highest BCUT2D eigenvalue weighted by atomic mass is 16.1. The lowest BCUT2D eigenvalue weighted by Gasteiger charge is -2.25. The van der Waals surface area contributed by atoms with E-state index in [-0.39, 0.29) is 5.91 Å². The number of primary amides is 1. The number of aryl methyl sites for hydroxylation is 1. The van der Waals surface area contributed by atoms with Crippen LogP contribution < -0.4 is 11.1 Å². The highest BCUT2D eigenvalue weighted by Gasteiger charge is 2.27. The van der Waals surface area contributed by atoms with Crippen LogP contribution in [0.15, 0.2) is 12.4 Å². The van der Waals surface area contributed by atoms with Gasteiger partial charge in [-0.3, -0.25) is 4.79 Å². The van der Waals surface area contributed by atoms with Gasteiger partial charge in [-0.2, -0.15) is 0 Å². The summed E-state index contributed by atoms with van der Waals surface area (Å²) in [6, 6.07) is 0. The van der Waals surface area contributed by atoms with Crippen LogP contribution in [0.3, 0.4) is 0 Å². The van der Waals surface area contributed by atoms with Gasteiger partial charge in [-0.05, 0) is 33.2 Å². The third-order valence-corrected chi connectivity index (χ3v) is 3.69. The van der Waals surface area contributed by atoms with Crippen LogP contribution >= 0.6 is 0 Å². The molecule has 0 aliphatic carbocycles. The lowest BCUT2D eigenvalue weighted by molar-refractivity contribution is -0.123. The lowest BCUT2D eigenvalue weighted by atomic mass is 9.94. The van der Waals surface area contributed by atoms with E-state index in [4.69, 9.17) is 5.73 Å². The Bertz CT molecular complexity index is 413. The van der Waals surface area contributed by atoms with E-state index in [0.717, 1.165) is 31.6 Å². The van der Waals surface area contributed by atoms with Gasteiger partial charge >= 0.3 is 0 Å². The fraction of sp³-hybridized carbons (Fsp3) is 0.714. The molecule has 0 fully saturated rings. The lowest BCUT2D eigenvalue weighted by Crippen LogP contribution is -2.51. The molecule has 1 aromatic heterocycles.